The molecule has 0 saturated carbocycles. The van der Waals surface area contributed by atoms with Crippen LogP contribution in [0, 0.1) is 0 Å². The molecule has 6 heteroatoms. The Morgan fingerprint density at radius 2 is 2.20 bits per heavy atom. The molecule has 0 unspecified atom stereocenters. The zero-order valence-corrected chi connectivity index (χ0v) is 11.1. The minimum Gasteiger partial charge on any atom is -0.207 e. The summed E-state index contributed by atoms with van der Waals surface area (Å²) in [5.74, 6) is 1.45. The third-order valence-electron chi connectivity index (χ3n) is 2.15. The summed E-state index contributed by atoms with van der Waals surface area (Å²) in [5, 5.41) is 0. The van der Waals surface area contributed by atoms with E-state index in [2.05, 4.69) is 15.9 Å². The lowest BCUT2D eigenvalue weighted by Gasteiger charge is -2.14. The van der Waals surface area contributed by atoms with Crippen LogP contribution >= 0.6 is 27.7 Å². The minimum atomic E-state index is -3.28. The molecule has 2 rings (SSSR count). The molecule has 1 aromatic rings. The summed E-state index contributed by atoms with van der Waals surface area (Å²) in [6.45, 7) is 0.611. The van der Waals surface area contributed by atoms with Crippen molar-refractivity contribution in [3.8, 4) is 0 Å². The Morgan fingerprint density at radius 1 is 1.40 bits per heavy atom. The highest BCUT2D eigenvalue weighted by molar-refractivity contribution is 9.10. The number of thioether (sulfide) groups is 1. The quantitative estimate of drug-likeness (QED) is 0.840. The van der Waals surface area contributed by atoms with E-state index in [1.165, 1.54) is 4.31 Å². The lowest BCUT2D eigenvalue weighted by Crippen LogP contribution is -2.27. The van der Waals surface area contributed by atoms with E-state index in [0.717, 1.165) is 10.2 Å². The maximum Gasteiger partial charge on any atom is 0.243 e. The van der Waals surface area contributed by atoms with Gasteiger partial charge in [0.05, 0.1) is 10.8 Å². The first-order chi connectivity index (χ1) is 7.10. The molecule has 3 nitrogen and oxygen atoms in total. The summed E-state index contributed by atoms with van der Waals surface area (Å²) in [4.78, 5) is 0.361. The summed E-state index contributed by atoms with van der Waals surface area (Å²) >= 11 is 4.92. The molecule has 82 valence electrons. The summed E-state index contributed by atoms with van der Waals surface area (Å²) in [6, 6.07) is 6.82. The Balaban J connectivity index is 2.36. The molecule has 1 saturated heterocycles. The van der Waals surface area contributed by atoms with Crippen molar-refractivity contribution in [1.82, 2.24) is 4.31 Å². The third-order valence-corrected chi connectivity index (χ3v) is 5.62. The van der Waals surface area contributed by atoms with Gasteiger partial charge in [0.2, 0.25) is 10.0 Å². The van der Waals surface area contributed by atoms with Crippen molar-refractivity contribution in [3.63, 3.8) is 0 Å². The Bertz CT molecular complexity index is 455. The first kappa shape index (κ1) is 11.4. The van der Waals surface area contributed by atoms with Gasteiger partial charge in [-0.15, -0.1) is 11.8 Å². The van der Waals surface area contributed by atoms with Crippen LogP contribution in [0.1, 0.15) is 0 Å². The molecular formula is C9H10BrNO2S2. The van der Waals surface area contributed by atoms with Crippen molar-refractivity contribution in [2.24, 2.45) is 0 Å². The van der Waals surface area contributed by atoms with Crippen molar-refractivity contribution in [2.75, 3.05) is 18.2 Å². The average molecular weight is 308 g/mol. The molecule has 15 heavy (non-hydrogen) atoms. The molecule has 0 bridgehead atoms. The highest BCUT2D eigenvalue weighted by atomic mass is 79.9. The predicted octanol–water partition coefficient (Wildman–Crippen LogP) is 2.14. The van der Waals surface area contributed by atoms with Gasteiger partial charge in [-0.2, -0.15) is 4.31 Å². The number of hydrogen-bond donors (Lipinski definition) is 0. The van der Waals surface area contributed by atoms with Crippen LogP contribution < -0.4 is 0 Å². The Labute approximate surface area is 102 Å². The van der Waals surface area contributed by atoms with Gasteiger partial charge in [-0.05, 0) is 18.2 Å². The number of sulfonamides is 1. The Morgan fingerprint density at radius 3 is 2.80 bits per heavy atom. The van der Waals surface area contributed by atoms with Crippen LogP contribution in [0.5, 0.6) is 0 Å². The fourth-order valence-electron chi connectivity index (χ4n) is 1.36. The molecule has 1 fully saturated rings. The van der Waals surface area contributed by atoms with E-state index in [0.29, 0.717) is 17.3 Å². The summed E-state index contributed by atoms with van der Waals surface area (Å²) < 4.78 is 26.5. The van der Waals surface area contributed by atoms with Crippen molar-refractivity contribution in [1.29, 1.82) is 0 Å². The first-order valence-electron chi connectivity index (χ1n) is 4.44. The van der Waals surface area contributed by atoms with Gasteiger partial charge in [0.25, 0.3) is 0 Å². The highest BCUT2D eigenvalue weighted by Crippen LogP contribution is 2.24. The SMILES string of the molecule is O=S(=O)(c1cccc(Br)c1)N1CCSC1. The first-order valence-corrected chi connectivity index (χ1v) is 7.83. The molecule has 1 heterocycles. The molecule has 0 aromatic heterocycles. The van der Waals surface area contributed by atoms with Crippen molar-refractivity contribution in [3.05, 3.63) is 28.7 Å². The van der Waals surface area contributed by atoms with E-state index in [4.69, 9.17) is 0 Å². The Kier molecular flexibility index (Phi) is 3.39. The van der Waals surface area contributed by atoms with Crippen molar-refractivity contribution >= 4 is 37.7 Å². The van der Waals surface area contributed by atoms with E-state index in [1.54, 1.807) is 30.0 Å². The molecule has 0 amide bonds. The van der Waals surface area contributed by atoms with Gasteiger partial charge in [-0.25, -0.2) is 8.42 Å². The molecule has 0 radical (unpaired) electrons. The molecule has 0 spiro atoms. The monoisotopic (exact) mass is 307 g/mol. The second-order valence-electron chi connectivity index (χ2n) is 3.18. The van der Waals surface area contributed by atoms with Crippen LogP contribution in [0.25, 0.3) is 0 Å². The van der Waals surface area contributed by atoms with Gasteiger partial charge in [0.15, 0.2) is 0 Å². The molecule has 0 atom stereocenters. The van der Waals surface area contributed by atoms with E-state index >= 15 is 0 Å². The van der Waals surface area contributed by atoms with Crippen molar-refractivity contribution < 1.29 is 8.42 Å². The van der Waals surface area contributed by atoms with Crippen LogP contribution in [-0.2, 0) is 10.0 Å². The van der Waals surface area contributed by atoms with Crippen LogP contribution in [0.3, 0.4) is 0 Å². The molecule has 1 aliphatic rings. The fourth-order valence-corrected chi connectivity index (χ4v) is 4.78. The normalized spacial score (nSPS) is 18.2. The zero-order valence-electron chi connectivity index (χ0n) is 7.89. The number of benzene rings is 1. The van der Waals surface area contributed by atoms with Gasteiger partial charge in [0, 0.05) is 16.8 Å². The second kappa shape index (κ2) is 4.45. The molecule has 1 aliphatic heterocycles. The largest absolute Gasteiger partial charge is 0.243 e. The molecule has 0 aliphatic carbocycles. The fraction of sp³-hybridized carbons (Fsp3) is 0.333. The summed E-state index contributed by atoms with van der Waals surface area (Å²) in [6.07, 6.45) is 0. The maximum absolute atomic E-state index is 12.1. The summed E-state index contributed by atoms with van der Waals surface area (Å²) in [5.41, 5.74) is 0. The number of halogens is 1. The molecular weight excluding hydrogens is 298 g/mol. The maximum atomic E-state index is 12.1. The van der Waals surface area contributed by atoms with Gasteiger partial charge >= 0.3 is 0 Å². The lowest BCUT2D eigenvalue weighted by atomic mass is 10.4. The van der Waals surface area contributed by atoms with Crippen molar-refractivity contribution in [2.45, 2.75) is 4.90 Å². The predicted molar refractivity (Wildman–Crippen MR) is 65.4 cm³/mol. The van der Waals surface area contributed by atoms with E-state index in [1.807, 2.05) is 6.07 Å². The van der Waals surface area contributed by atoms with Gasteiger partial charge in [0.1, 0.15) is 0 Å². The average Bonchev–Trinajstić information content (AvgIpc) is 2.71. The zero-order chi connectivity index (χ0) is 10.9. The molecule has 1 aromatic carbocycles. The van der Waals surface area contributed by atoms with Crippen LogP contribution in [-0.4, -0.2) is 30.9 Å². The highest BCUT2D eigenvalue weighted by Gasteiger charge is 2.27. The number of nitrogens with zero attached hydrogens (tertiary/aromatic N) is 1. The Hall–Kier alpha value is -0.0400. The molecule has 0 N–H and O–H groups in total. The van der Waals surface area contributed by atoms with Crippen LogP contribution in [0.15, 0.2) is 33.6 Å². The van der Waals surface area contributed by atoms with E-state index < -0.39 is 10.0 Å². The van der Waals surface area contributed by atoms with Gasteiger partial charge < -0.3 is 0 Å². The number of rotatable bonds is 2. The van der Waals surface area contributed by atoms with Gasteiger partial charge in [-0.1, -0.05) is 22.0 Å². The van der Waals surface area contributed by atoms with Gasteiger partial charge in [-0.3, -0.25) is 0 Å². The van der Waals surface area contributed by atoms with E-state index in [-0.39, 0.29) is 0 Å². The summed E-state index contributed by atoms with van der Waals surface area (Å²) in [7, 11) is -3.28. The smallest absolute Gasteiger partial charge is 0.207 e. The van der Waals surface area contributed by atoms with Crippen LogP contribution in [0.2, 0.25) is 0 Å². The number of hydrogen-bond acceptors (Lipinski definition) is 3. The third kappa shape index (κ3) is 2.38. The standard InChI is InChI=1S/C9H10BrNO2S2/c10-8-2-1-3-9(6-8)15(12,13)11-4-5-14-7-11/h1-3,6H,4-5,7H2. The topological polar surface area (TPSA) is 37.4 Å². The minimum absolute atomic E-state index is 0.361. The lowest BCUT2D eigenvalue weighted by molar-refractivity contribution is 0.489. The van der Waals surface area contributed by atoms with E-state index in [9.17, 15) is 8.42 Å². The second-order valence-corrected chi connectivity index (χ2v) is 7.10. The van der Waals surface area contributed by atoms with Crippen LogP contribution in [0.4, 0.5) is 0 Å².